The lowest BCUT2D eigenvalue weighted by molar-refractivity contribution is 0.337. The van der Waals surface area contributed by atoms with Crippen molar-refractivity contribution in [2.24, 2.45) is 0 Å². The smallest absolute Gasteiger partial charge is 0.362 e. The fraction of sp³-hybridized carbons (Fsp3) is 0.200. The zero-order valence-electron chi connectivity index (χ0n) is 10.5. The molecular formula is C15H14BClO. The third-order valence-corrected chi connectivity index (χ3v) is 3.83. The van der Waals surface area contributed by atoms with Gasteiger partial charge in [0.25, 0.3) is 0 Å². The molecule has 2 aromatic carbocycles. The standard InChI is InChI=1S/C15H14BClO/c1-10-6-12-9-18-16(15(12)7-11(10)2)13-4-3-5-14(17)8-13/h3-8H,9H2,1-2H3. The Kier molecular flexibility index (Phi) is 2.92. The molecule has 1 nitrogen and oxygen atoms in total. The Labute approximate surface area is 113 Å². The molecule has 0 radical (unpaired) electrons. The summed E-state index contributed by atoms with van der Waals surface area (Å²) in [6, 6.07) is 12.4. The van der Waals surface area contributed by atoms with Gasteiger partial charge in [0.2, 0.25) is 0 Å². The Bertz CT molecular complexity index is 609. The minimum absolute atomic E-state index is 0.0259. The van der Waals surface area contributed by atoms with Crippen LogP contribution in [0.2, 0.25) is 5.02 Å². The van der Waals surface area contributed by atoms with Gasteiger partial charge in [0, 0.05) is 5.02 Å². The van der Waals surface area contributed by atoms with Crippen LogP contribution in [0.4, 0.5) is 0 Å². The van der Waals surface area contributed by atoms with E-state index in [0.717, 1.165) is 10.5 Å². The Morgan fingerprint density at radius 2 is 1.89 bits per heavy atom. The van der Waals surface area contributed by atoms with Gasteiger partial charge in [-0.1, -0.05) is 35.9 Å². The van der Waals surface area contributed by atoms with Gasteiger partial charge in [-0.2, -0.15) is 0 Å². The van der Waals surface area contributed by atoms with Gasteiger partial charge < -0.3 is 4.65 Å². The first-order chi connectivity index (χ1) is 8.65. The average Bonchev–Trinajstić information content (AvgIpc) is 2.73. The molecular weight excluding hydrogens is 242 g/mol. The fourth-order valence-corrected chi connectivity index (χ4v) is 2.67. The van der Waals surface area contributed by atoms with E-state index in [1.54, 1.807) is 0 Å². The number of aryl methyl sites for hydroxylation is 2. The van der Waals surface area contributed by atoms with Crippen molar-refractivity contribution in [1.29, 1.82) is 0 Å². The van der Waals surface area contributed by atoms with Gasteiger partial charge in [0.15, 0.2) is 0 Å². The van der Waals surface area contributed by atoms with Crippen LogP contribution in [0, 0.1) is 13.8 Å². The monoisotopic (exact) mass is 256 g/mol. The van der Waals surface area contributed by atoms with E-state index in [4.69, 9.17) is 16.3 Å². The van der Waals surface area contributed by atoms with Crippen LogP contribution in [0.25, 0.3) is 0 Å². The van der Waals surface area contributed by atoms with Gasteiger partial charge in [-0.05, 0) is 53.6 Å². The molecule has 1 heterocycles. The maximum atomic E-state index is 6.05. The molecule has 0 saturated carbocycles. The predicted molar refractivity (Wildman–Crippen MR) is 77.2 cm³/mol. The van der Waals surface area contributed by atoms with Gasteiger partial charge in [-0.25, -0.2) is 0 Å². The first-order valence-corrected chi connectivity index (χ1v) is 6.50. The van der Waals surface area contributed by atoms with Gasteiger partial charge in [-0.3, -0.25) is 0 Å². The van der Waals surface area contributed by atoms with Crippen molar-refractivity contribution >= 4 is 29.4 Å². The molecule has 0 spiro atoms. The Hall–Kier alpha value is -1.25. The molecule has 0 bridgehead atoms. The maximum absolute atomic E-state index is 6.05. The highest BCUT2D eigenvalue weighted by Crippen LogP contribution is 2.16. The molecule has 0 unspecified atom stereocenters. The summed E-state index contributed by atoms with van der Waals surface area (Å²) in [6.45, 7) is 5.00. The van der Waals surface area contributed by atoms with Crippen LogP contribution in [0.15, 0.2) is 36.4 Å². The molecule has 0 aliphatic carbocycles. The summed E-state index contributed by atoms with van der Waals surface area (Å²) >= 11 is 6.05. The molecule has 18 heavy (non-hydrogen) atoms. The number of rotatable bonds is 1. The highest BCUT2D eigenvalue weighted by atomic mass is 35.5. The summed E-state index contributed by atoms with van der Waals surface area (Å²) in [7, 11) is 0. The van der Waals surface area contributed by atoms with E-state index in [2.05, 4.69) is 32.0 Å². The average molecular weight is 257 g/mol. The lowest BCUT2D eigenvalue weighted by Gasteiger charge is -2.09. The molecule has 1 aliphatic rings. The van der Waals surface area contributed by atoms with Crippen molar-refractivity contribution in [3.8, 4) is 0 Å². The van der Waals surface area contributed by atoms with Crippen LogP contribution in [0.1, 0.15) is 16.7 Å². The topological polar surface area (TPSA) is 9.23 Å². The molecule has 3 rings (SSSR count). The lowest BCUT2D eigenvalue weighted by atomic mass is 9.55. The van der Waals surface area contributed by atoms with Crippen molar-refractivity contribution in [2.75, 3.05) is 0 Å². The Morgan fingerprint density at radius 1 is 1.11 bits per heavy atom. The molecule has 0 fully saturated rings. The third-order valence-electron chi connectivity index (χ3n) is 3.59. The molecule has 0 amide bonds. The van der Waals surface area contributed by atoms with Gasteiger partial charge in [-0.15, -0.1) is 0 Å². The van der Waals surface area contributed by atoms with E-state index in [0.29, 0.717) is 6.61 Å². The largest absolute Gasteiger partial charge is 0.423 e. The minimum Gasteiger partial charge on any atom is -0.423 e. The molecule has 0 aromatic heterocycles. The van der Waals surface area contributed by atoms with E-state index in [1.165, 1.54) is 22.2 Å². The Morgan fingerprint density at radius 3 is 2.67 bits per heavy atom. The van der Waals surface area contributed by atoms with Crippen LogP contribution in [0.5, 0.6) is 0 Å². The Balaban J connectivity index is 2.07. The summed E-state index contributed by atoms with van der Waals surface area (Å²) in [6.07, 6.45) is 0. The van der Waals surface area contributed by atoms with Crippen molar-refractivity contribution in [3.05, 3.63) is 58.1 Å². The van der Waals surface area contributed by atoms with Gasteiger partial charge >= 0.3 is 6.92 Å². The van der Waals surface area contributed by atoms with Crippen LogP contribution in [0.3, 0.4) is 0 Å². The molecule has 2 aromatic rings. The number of hydrogen-bond acceptors (Lipinski definition) is 1. The summed E-state index contributed by atoms with van der Waals surface area (Å²) < 4.78 is 5.92. The maximum Gasteiger partial charge on any atom is 0.362 e. The molecule has 1 aliphatic heterocycles. The normalized spacial score (nSPS) is 13.8. The fourth-order valence-electron chi connectivity index (χ4n) is 2.48. The van der Waals surface area contributed by atoms with Crippen molar-refractivity contribution in [3.63, 3.8) is 0 Å². The molecule has 90 valence electrons. The number of benzene rings is 2. The molecule has 0 N–H and O–H groups in total. The quantitative estimate of drug-likeness (QED) is 0.713. The van der Waals surface area contributed by atoms with Crippen molar-refractivity contribution in [1.82, 2.24) is 0 Å². The zero-order chi connectivity index (χ0) is 12.7. The van der Waals surface area contributed by atoms with E-state index in [1.807, 2.05) is 18.2 Å². The summed E-state index contributed by atoms with van der Waals surface area (Å²) in [5, 5.41) is 0.758. The SMILES string of the molecule is Cc1cc2c(cc1C)B(c1cccc(Cl)c1)OC2. The number of hydrogen-bond donors (Lipinski definition) is 0. The summed E-state index contributed by atoms with van der Waals surface area (Å²) in [5.41, 5.74) is 6.34. The van der Waals surface area contributed by atoms with Gasteiger partial charge in [0.1, 0.15) is 0 Å². The first-order valence-electron chi connectivity index (χ1n) is 6.12. The van der Waals surface area contributed by atoms with Crippen molar-refractivity contribution < 1.29 is 4.65 Å². The zero-order valence-corrected chi connectivity index (χ0v) is 11.3. The van der Waals surface area contributed by atoms with Crippen LogP contribution >= 0.6 is 11.6 Å². The second-order valence-corrected chi connectivity index (χ2v) is 5.32. The predicted octanol–water partition coefficient (Wildman–Crippen LogP) is 2.59. The molecule has 0 atom stereocenters. The van der Waals surface area contributed by atoms with Crippen molar-refractivity contribution in [2.45, 2.75) is 20.5 Å². The lowest BCUT2D eigenvalue weighted by Crippen LogP contribution is -2.41. The van der Waals surface area contributed by atoms with Crippen LogP contribution in [-0.2, 0) is 11.3 Å². The van der Waals surface area contributed by atoms with E-state index in [9.17, 15) is 0 Å². The van der Waals surface area contributed by atoms with E-state index in [-0.39, 0.29) is 6.92 Å². The van der Waals surface area contributed by atoms with Crippen LogP contribution < -0.4 is 10.9 Å². The first kappa shape index (κ1) is 11.8. The highest BCUT2D eigenvalue weighted by molar-refractivity contribution is 6.81. The number of halogens is 1. The van der Waals surface area contributed by atoms with Crippen LogP contribution in [-0.4, -0.2) is 6.92 Å². The second-order valence-electron chi connectivity index (χ2n) is 4.88. The highest BCUT2D eigenvalue weighted by Gasteiger charge is 2.30. The molecule has 3 heteroatoms. The number of fused-ring (bicyclic) bond motifs is 1. The summed E-state index contributed by atoms with van der Waals surface area (Å²) in [4.78, 5) is 0. The third kappa shape index (κ3) is 1.96. The molecule has 0 saturated heterocycles. The van der Waals surface area contributed by atoms with E-state index >= 15 is 0 Å². The van der Waals surface area contributed by atoms with E-state index < -0.39 is 0 Å². The van der Waals surface area contributed by atoms with Gasteiger partial charge in [0.05, 0.1) is 6.61 Å². The minimum atomic E-state index is 0.0259. The summed E-state index contributed by atoms with van der Waals surface area (Å²) in [5.74, 6) is 0. The second kappa shape index (κ2) is 4.45.